The summed E-state index contributed by atoms with van der Waals surface area (Å²) < 4.78 is 1.91. The van der Waals surface area contributed by atoms with Crippen molar-refractivity contribution in [3.63, 3.8) is 0 Å². The minimum absolute atomic E-state index is 0.413. The number of anilines is 1. The molecule has 22 heavy (non-hydrogen) atoms. The number of fused-ring (bicyclic) bond motifs is 1. The second-order valence-electron chi connectivity index (χ2n) is 5.73. The molecule has 1 unspecified atom stereocenters. The Bertz CT molecular complexity index is 748. The van der Waals surface area contributed by atoms with Crippen LogP contribution in [0.2, 0.25) is 0 Å². The molecule has 0 aliphatic heterocycles. The summed E-state index contributed by atoms with van der Waals surface area (Å²) in [5, 5.41) is 4.48. The van der Waals surface area contributed by atoms with Crippen LogP contribution in [-0.2, 0) is 6.42 Å². The maximum absolute atomic E-state index is 4.60. The van der Waals surface area contributed by atoms with Gasteiger partial charge < -0.3 is 4.90 Å². The van der Waals surface area contributed by atoms with Crippen molar-refractivity contribution in [2.45, 2.75) is 32.7 Å². The van der Waals surface area contributed by atoms with Crippen LogP contribution in [0.4, 0.5) is 5.82 Å². The first-order valence-corrected chi connectivity index (χ1v) is 7.76. The summed E-state index contributed by atoms with van der Waals surface area (Å²) in [7, 11) is 2.13. The van der Waals surface area contributed by atoms with E-state index in [1.807, 2.05) is 23.8 Å². The zero-order chi connectivity index (χ0) is 15.5. The van der Waals surface area contributed by atoms with Gasteiger partial charge in [0.2, 0.25) is 0 Å². The highest BCUT2D eigenvalue weighted by Gasteiger charge is 2.18. The molecule has 2 heterocycles. The van der Waals surface area contributed by atoms with Gasteiger partial charge in [-0.3, -0.25) is 0 Å². The van der Waals surface area contributed by atoms with Gasteiger partial charge in [0, 0.05) is 25.5 Å². The van der Waals surface area contributed by atoms with Gasteiger partial charge in [0.1, 0.15) is 5.52 Å². The van der Waals surface area contributed by atoms with Crippen LogP contribution >= 0.6 is 0 Å². The lowest BCUT2D eigenvalue weighted by atomic mass is 10.0. The Morgan fingerprint density at radius 1 is 1.23 bits per heavy atom. The minimum Gasteiger partial charge on any atom is -0.355 e. The molecule has 1 atom stereocenters. The summed E-state index contributed by atoms with van der Waals surface area (Å²) in [5.41, 5.74) is 3.44. The molecule has 0 amide bonds. The summed E-state index contributed by atoms with van der Waals surface area (Å²) in [6.45, 7) is 4.24. The quantitative estimate of drug-likeness (QED) is 0.722. The van der Waals surface area contributed by atoms with Gasteiger partial charge in [-0.1, -0.05) is 37.3 Å². The van der Waals surface area contributed by atoms with E-state index >= 15 is 0 Å². The van der Waals surface area contributed by atoms with Gasteiger partial charge >= 0.3 is 0 Å². The summed E-state index contributed by atoms with van der Waals surface area (Å²) in [6.07, 6.45) is 5.81. The lowest BCUT2D eigenvalue weighted by Gasteiger charge is -2.28. The molecular weight excluding hydrogens is 272 g/mol. The van der Waals surface area contributed by atoms with E-state index in [9.17, 15) is 0 Å². The second kappa shape index (κ2) is 6.18. The van der Waals surface area contributed by atoms with Crippen molar-refractivity contribution in [3.05, 3.63) is 60.0 Å². The lowest BCUT2D eigenvalue weighted by Crippen LogP contribution is -2.34. The first-order chi connectivity index (χ1) is 10.7. The molecule has 0 bridgehead atoms. The Morgan fingerprint density at radius 3 is 2.73 bits per heavy atom. The van der Waals surface area contributed by atoms with Gasteiger partial charge in [-0.05, 0) is 31.4 Å². The number of rotatable bonds is 5. The smallest absolute Gasteiger partial charge is 0.154 e. The van der Waals surface area contributed by atoms with Crippen LogP contribution in [0.5, 0.6) is 0 Å². The molecular formula is C18H22N4. The predicted octanol–water partition coefficient (Wildman–Crippen LogP) is 3.50. The number of aryl methyl sites for hydroxylation is 1. The van der Waals surface area contributed by atoms with Gasteiger partial charge in [0.25, 0.3) is 0 Å². The van der Waals surface area contributed by atoms with Crippen molar-refractivity contribution in [1.82, 2.24) is 14.6 Å². The highest BCUT2D eigenvalue weighted by molar-refractivity contribution is 5.69. The van der Waals surface area contributed by atoms with Crippen molar-refractivity contribution in [3.8, 4) is 0 Å². The number of nitrogens with zero attached hydrogens (tertiary/aromatic N) is 4. The summed E-state index contributed by atoms with van der Waals surface area (Å²) in [4.78, 5) is 6.88. The molecule has 3 rings (SSSR count). The van der Waals surface area contributed by atoms with E-state index in [0.29, 0.717) is 6.04 Å². The normalized spacial score (nSPS) is 12.5. The van der Waals surface area contributed by atoms with Gasteiger partial charge in [-0.25, -0.2) is 9.50 Å². The van der Waals surface area contributed by atoms with E-state index in [2.05, 4.69) is 65.4 Å². The average molecular weight is 294 g/mol. The molecule has 0 saturated heterocycles. The zero-order valence-electron chi connectivity index (χ0n) is 13.4. The highest BCUT2D eigenvalue weighted by Crippen LogP contribution is 2.22. The number of benzene rings is 1. The third kappa shape index (κ3) is 2.82. The number of likely N-dealkylation sites (N-methyl/N-ethyl adjacent to an activating group) is 1. The second-order valence-corrected chi connectivity index (χ2v) is 5.73. The van der Waals surface area contributed by atoms with Crippen LogP contribution in [0.1, 0.15) is 24.6 Å². The Hall–Kier alpha value is -2.36. The van der Waals surface area contributed by atoms with Crippen molar-refractivity contribution >= 4 is 11.3 Å². The molecule has 0 aliphatic carbocycles. The fourth-order valence-electron chi connectivity index (χ4n) is 2.92. The average Bonchev–Trinajstić information content (AvgIpc) is 2.93. The first-order valence-electron chi connectivity index (χ1n) is 7.76. The van der Waals surface area contributed by atoms with E-state index in [4.69, 9.17) is 0 Å². The van der Waals surface area contributed by atoms with Gasteiger partial charge in [0.05, 0.1) is 5.69 Å². The number of hydrogen-bond donors (Lipinski definition) is 0. The van der Waals surface area contributed by atoms with Crippen molar-refractivity contribution < 1.29 is 0 Å². The van der Waals surface area contributed by atoms with Crippen LogP contribution < -0.4 is 4.90 Å². The Balaban J connectivity index is 1.91. The first kappa shape index (κ1) is 14.6. The summed E-state index contributed by atoms with van der Waals surface area (Å²) in [5.74, 6) is 0.992. The molecule has 2 aromatic heterocycles. The fourth-order valence-corrected chi connectivity index (χ4v) is 2.92. The molecule has 114 valence electrons. The molecule has 4 heteroatoms. The van der Waals surface area contributed by atoms with Crippen molar-refractivity contribution in [1.29, 1.82) is 0 Å². The van der Waals surface area contributed by atoms with Crippen molar-refractivity contribution in [2.75, 3.05) is 11.9 Å². The molecule has 0 spiro atoms. The lowest BCUT2D eigenvalue weighted by molar-refractivity contribution is 0.601. The van der Waals surface area contributed by atoms with E-state index in [1.54, 1.807) is 0 Å². The highest BCUT2D eigenvalue weighted by atomic mass is 15.3. The largest absolute Gasteiger partial charge is 0.355 e. The fraction of sp³-hybridized carbons (Fsp3) is 0.333. The monoisotopic (exact) mass is 294 g/mol. The van der Waals surface area contributed by atoms with Crippen LogP contribution in [0, 0.1) is 6.92 Å². The third-order valence-electron chi connectivity index (χ3n) is 4.16. The van der Waals surface area contributed by atoms with Crippen LogP contribution in [0.25, 0.3) is 5.52 Å². The van der Waals surface area contributed by atoms with Gasteiger partial charge in [-0.2, -0.15) is 5.10 Å². The number of aromatic nitrogens is 3. The SMILES string of the molecule is CCC(Cc1ccccc1)N(C)c1nccn2nc(C)cc12. The zero-order valence-corrected chi connectivity index (χ0v) is 13.4. The van der Waals surface area contributed by atoms with E-state index < -0.39 is 0 Å². The molecule has 0 aliphatic rings. The third-order valence-corrected chi connectivity index (χ3v) is 4.16. The minimum atomic E-state index is 0.413. The van der Waals surface area contributed by atoms with Crippen molar-refractivity contribution in [2.24, 2.45) is 0 Å². The van der Waals surface area contributed by atoms with Crippen LogP contribution in [-0.4, -0.2) is 27.7 Å². The molecule has 1 aromatic carbocycles. The molecule has 0 saturated carbocycles. The molecule has 0 fully saturated rings. The van der Waals surface area contributed by atoms with Crippen LogP contribution in [0.15, 0.2) is 48.8 Å². The van der Waals surface area contributed by atoms with Gasteiger partial charge in [0.15, 0.2) is 5.82 Å². The number of hydrogen-bond acceptors (Lipinski definition) is 3. The maximum Gasteiger partial charge on any atom is 0.154 e. The molecule has 0 radical (unpaired) electrons. The maximum atomic E-state index is 4.60. The van der Waals surface area contributed by atoms with E-state index in [0.717, 1.165) is 29.9 Å². The molecule has 0 N–H and O–H groups in total. The van der Waals surface area contributed by atoms with Gasteiger partial charge in [-0.15, -0.1) is 0 Å². The van der Waals surface area contributed by atoms with Crippen LogP contribution in [0.3, 0.4) is 0 Å². The predicted molar refractivity (Wildman–Crippen MR) is 90.4 cm³/mol. The Labute approximate surface area is 131 Å². The summed E-state index contributed by atoms with van der Waals surface area (Å²) >= 11 is 0. The Morgan fingerprint density at radius 2 is 2.00 bits per heavy atom. The summed E-state index contributed by atoms with van der Waals surface area (Å²) in [6, 6.07) is 13.1. The molecule has 3 aromatic rings. The topological polar surface area (TPSA) is 33.4 Å². The van der Waals surface area contributed by atoms with E-state index in [1.165, 1.54) is 5.56 Å². The standard InChI is InChI=1S/C18H22N4/c1-4-16(13-15-8-6-5-7-9-15)21(3)18-17-12-14(2)20-22(17)11-10-19-18/h5-12,16H,4,13H2,1-3H3. The molecule has 4 nitrogen and oxygen atoms in total. The Kier molecular flexibility index (Phi) is 4.09. The van der Waals surface area contributed by atoms with E-state index in [-0.39, 0.29) is 0 Å².